The van der Waals surface area contributed by atoms with Crippen molar-refractivity contribution in [2.24, 2.45) is 5.73 Å². The largest absolute Gasteiger partial charge is 0.376 e. The van der Waals surface area contributed by atoms with Crippen LogP contribution < -0.4 is 16.4 Å². The normalized spacial score (nSPS) is 16.0. The highest BCUT2D eigenvalue weighted by Gasteiger charge is 2.41. The van der Waals surface area contributed by atoms with Crippen LogP contribution in [0.15, 0.2) is 36.5 Å². The monoisotopic (exact) mass is 301 g/mol. The van der Waals surface area contributed by atoms with E-state index < -0.39 is 5.91 Å². The minimum atomic E-state index is -0.510. The molecule has 0 unspecified atom stereocenters. The number of primary amides is 1. The van der Waals surface area contributed by atoms with E-state index in [1.54, 1.807) is 10.9 Å². The third-order valence-corrected chi connectivity index (χ3v) is 3.75. The van der Waals surface area contributed by atoms with Gasteiger partial charge in [0, 0.05) is 18.4 Å². The lowest BCUT2D eigenvalue weighted by Crippen LogP contribution is -2.57. The van der Waals surface area contributed by atoms with E-state index in [0.29, 0.717) is 31.1 Å². The van der Waals surface area contributed by atoms with Gasteiger partial charge in [0.15, 0.2) is 5.82 Å². The molecule has 0 atom stereocenters. The number of para-hydroxylation sites is 1. The zero-order chi connectivity index (χ0) is 15.6. The first-order chi connectivity index (χ1) is 10.6. The summed E-state index contributed by atoms with van der Waals surface area (Å²) in [7, 11) is 1.88. The number of amides is 1. The minimum absolute atomic E-state index is 0.268. The summed E-state index contributed by atoms with van der Waals surface area (Å²) in [5.41, 5.74) is 6.43. The smallest absolute Gasteiger partial charge is 0.254 e. The SMILES string of the molecule is CNCC1(n2cc(C(N)=O)c(Nc3ccccc3)n2)COC1. The number of nitrogens with zero attached hydrogens (tertiary/aromatic N) is 2. The Kier molecular flexibility index (Phi) is 3.82. The van der Waals surface area contributed by atoms with E-state index in [4.69, 9.17) is 10.5 Å². The molecule has 1 aliphatic rings. The molecule has 2 heterocycles. The van der Waals surface area contributed by atoms with Crippen molar-refractivity contribution < 1.29 is 9.53 Å². The maximum Gasteiger partial charge on any atom is 0.254 e. The number of aromatic nitrogens is 2. The second kappa shape index (κ2) is 5.78. The first-order valence-corrected chi connectivity index (χ1v) is 7.09. The van der Waals surface area contributed by atoms with Gasteiger partial charge in [-0.05, 0) is 19.2 Å². The van der Waals surface area contributed by atoms with Gasteiger partial charge in [-0.15, -0.1) is 0 Å². The lowest BCUT2D eigenvalue weighted by Gasteiger charge is -2.41. The van der Waals surface area contributed by atoms with E-state index in [1.165, 1.54) is 0 Å². The summed E-state index contributed by atoms with van der Waals surface area (Å²) in [6, 6.07) is 9.54. The number of ether oxygens (including phenoxy) is 1. The fraction of sp³-hybridized carbons (Fsp3) is 0.333. The van der Waals surface area contributed by atoms with Crippen LogP contribution in [0.25, 0.3) is 0 Å². The molecule has 2 aromatic rings. The van der Waals surface area contributed by atoms with Crippen LogP contribution in [0, 0.1) is 0 Å². The Bertz CT molecular complexity index is 664. The molecule has 3 rings (SSSR count). The fourth-order valence-electron chi connectivity index (χ4n) is 2.53. The van der Waals surface area contributed by atoms with E-state index in [2.05, 4.69) is 15.7 Å². The summed E-state index contributed by atoms with van der Waals surface area (Å²) in [4.78, 5) is 11.7. The Hall–Kier alpha value is -2.38. The van der Waals surface area contributed by atoms with Gasteiger partial charge >= 0.3 is 0 Å². The van der Waals surface area contributed by atoms with Crippen molar-refractivity contribution in [3.05, 3.63) is 42.1 Å². The molecule has 7 nitrogen and oxygen atoms in total. The van der Waals surface area contributed by atoms with Gasteiger partial charge in [0.05, 0.1) is 13.2 Å². The quantitative estimate of drug-likeness (QED) is 0.729. The predicted molar refractivity (Wildman–Crippen MR) is 83.2 cm³/mol. The van der Waals surface area contributed by atoms with Gasteiger partial charge < -0.3 is 21.1 Å². The Balaban J connectivity index is 1.94. The van der Waals surface area contributed by atoms with E-state index in [9.17, 15) is 4.79 Å². The molecular weight excluding hydrogens is 282 g/mol. The fourth-order valence-corrected chi connectivity index (χ4v) is 2.53. The molecular formula is C15H19N5O2. The van der Waals surface area contributed by atoms with Gasteiger partial charge in [-0.2, -0.15) is 5.10 Å². The van der Waals surface area contributed by atoms with Crippen LogP contribution in [0.2, 0.25) is 0 Å². The number of hydrogen-bond donors (Lipinski definition) is 3. The molecule has 1 amide bonds. The first-order valence-electron chi connectivity index (χ1n) is 7.09. The summed E-state index contributed by atoms with van der Waals surface area (Å²) in [6.45, 7) is 1.81. The molecule has 0 bridgehead atoms. The van der Waals surface area contributed by atoms with Gasteiger partial charge in [-0.25, -0.2) is 0 Å². The van der Waals surface area contributed by atoms with Crippen molar-refractivity contribution in [1.82, 2.24) is 15.1 Å². The molecule has 1 aromatic heterocycles. The lowest BCUT2D eigenvalue weighted by atomic mass is 9.98. The van der Waals surface area contributed by atoms with Crippen molar-refractivity contribution >= 4 is 17.4 Å². The Morgan fingerprint density at radius 3 is 2.68 bits per heavy atom. The molecule has 1 saturated heterocycles. The highest BCUT2D eigenvalue weighted by molar-refractivity contribution is 5.98. The Morgan fingerprint density at radius 1 is 1.41 bits per heavy atom. The van der Waals surface area contributed by atoms with Crippen LogP contribution >= 0.6 is 0 Å². The number of carbonyl (C=O) groups is 1. The van der Waals surface area contributed by atoms with Gasteiger partial charge in [0.25, 0.3) is 5.91 Å². The maximum atomic E-state index is 11.7. The Labute approximate surface area is 128 Å². The topological polar surface area (TPSA) is 94.2 Å². The standard InChI is InChI=1S/C15H19N5O2/c1-17-8-15(9-22-10-15)20-7-12(13(16)21)14(19-20)18-11-5-3-2-4-6-11/h2-7,17H,8-10H2,1H3,(H2,16,21)(H,18,19). The number of carbonyl (C=O) groups excluding carboxylic acids is 1. The molecule has 0 saturated carbocycles. The lowest BCUT2D eigenvalue weighted by molar-refractivity contribution is -0.104. The molecule has 0 aliphatic carbocycles. The number of anilines is 2. The highest BCUT2D eigenvalue weighted by atomic mass is 16.5. The van der Waals surface area contributed by atoms with Crippen LogP contribution in [-0.4, -0.2) is 42.5 Å². The Morgan fingerprint density at radius 2 is 2.14 bits per heavy atom. The zero-order valence-corrected chi connectivity index (χ0v) is 12.4. The summed E-state index contributed by atoms with van der Waals surface area (Å²) < 4.78 is 7.11. The van der Waals surface area contributed by atoms with E-state index in [1.807, 2.05) is 37.4 Å². The molecule has 1 aliphatic heterocycles. The summed E-state index contributed by atoms with van der Waals surface area (Å²) >= 11 is 0. The van der Waals surface area contributed by atoms with E-state index in [-0.39, 0.29) is 5.54 Å². The number of nitrogens with one attached hydrogen (secondary N) is 2. The molecule has 0 spiro atoms. The minimum Gasteiger partial charge on any atom is -0.376 e. The average Bonchev–Trinajstić information content (AvgIpc) is 2.88. The van der Waals surface area contributed by atoms with E-state index in [0.717, 1.165) is 5.69 Å². The number of likely N-dealkylation sites (N-methyl/N-ethyl adjacent to an activating group) is 1. The maximum absolute atomic E-state index is 11.7. The van der Waals surface area contributed by atoms with Crippen LogP contribution in [0.4, 0.5) is 11.5 Å². The molecule has 4 N–H and O–H groups in total. The zero-order valence-electron chi connectivity index (χ0n) is 12.4. The average molecular weight is 301 g/mol. The highest BCUT2D eigenvalue weighted by Crippen LogP contribution is 2.28. The van der Waals surface area contributed by atoms with Crippen molar-refractivity contribution in [3.8, 4) is 0 Å². The molecule has 1 aromatic carbocycles. The third-order valence-electron chi connectivity index (χ3n) is 3.75. The molecule has 116 valence electrons. The van der Waals surface area contributed by atoms with Gasteiger partial charge in [-0.3, -0.25) is 9.48 Å². The third kappa shape index (κ3) is 2.56. The van der Waals surface area contributed by atoms with Crippen LogP contribution in [0.5, 0.6) is 0 Å². The second-order valence-corrected chi connectivity index (χ2v) is 5.44. The van der Waals surface area contributed by atoms with Gasteiger partial charge in [0.2, 0.25) is 0 Å². The number of benzene rings is 1. The molecule has 1 fully saturated rings. The molecule has 22 heavy (non-hydrogen) atoms. The summed E-state index contributed by atoms with van der Waals surface area (Å²) in [5, 5.41) is 10.8. The molecule has 7 heteroatoms. The summed E-state index contributed by atoms with van der Waals surface area (Å²) in [5.74, 6) is -0.0504. The predicted octanol–water partition coefficient (Wildman–Crippen LogP) is 0.670. The van der Waals surface area contributed by atoms with Crippen molar-refractivity contribution in [3.63, 3.8) is 0 Å². The van der Waals surface area contributed by atoms with Crippen molar-refractivity contribution in [1.29, 1.82) is 0 Å². The number of rotatable bonds is 6. The second-order valence-electron chi connectivity index (χ2n) is 5.44. The first kappa shape index (κ1) is 14.6. The number of nitrogens with two attached hydrogens (primary N) is 1. The van der Waals surface area contributed by atoms with Gasteiger partial charge in [-0.1, -0.05) is 18.2 Å². The van der Waals surface area contributed by atoms with Crippen LogP contribution in [0.3, 0.4) is 0 Å². The van der Waals surface area contributed by atoms with Crippen molar-refractivity contribution in [2.45, 2.75) is 5.54 Å². The van der Waals surface area contributed by atoms with Crippen LogP contribution in [-0.2, 0) is 10.3 Å². The van der Waals surface area contributed by atoms with Crippen molar-refractivity contribution in [2.75, 3.05) is 32.1 Å². The summed E-state index contributed by atoms with van der Waals surface area (Å²) in [6.07, 6.45) is 1.69. The number of hydrogen-bond acceptors (Lipinski definition) is 5. The van der Waals surface area contributed by atoms with E-state index >= 15 is 0 Å². The van der Waals surface area contributed by atoms with Gasteiger partial charge in [0.1, 0.15) is 11.1 Å². The molecule has 0 radical (unpaired) electrons. The van der Waals surface area contributed by atoms with Crippen LogP contribution in [0.1, 0.15) is 10.4 Å².